The normalized spacial score (nSPS) is 22.9. The van der Waals surface area contributed by atoms with E-state index >= 15 is 0 Å². The van der Waals surface area contributed by atoms with Crippen LogP contribution < -0.4 is 5.32 Å². The van der Waals surface area contributed by atoms with E-state index in [4.69, 9.17) is 5.11 Å². The minimum atomic E-state index is -1.23. The lowest BCUT2D eigenvalue weighted by molar-refractivity contribution is 0.0651. The van der Waals surface area contributed by atoms with Crippen molar-refractivity contribution in [1.29, 1.82) is 0 Å². The highest BCUT2D eigenvalue weighted by Crippen LogP contribution is 2.29. The van der Waals surface area contributed by atoms with E-state index in [1.165, 1.54) is 6.42 Å². The number of nitrogens with one attached hydrogen (secondary N) is 1. The van der Waals surface area contributed by atoms with Gasteiger partial charge in [0.1, 0.15) is 0 Å². The van der Waals surface area contributed by atoms with Crippen molar-refractivity contribution in [3.63, 3.8) is 0 Å². The molecule has 2 atom stereocenters. The number of carboxylic acids is 1. The number of aromatic nitrogens is 1. The van der Waals surface area contributed by atoms with Crippen LogP contribution in [0.2, 0.25) is 0 Å². The maximum atomic E-state index is 11.7. The Balaban J connectivity index is 1.85. The van der Waals surface area contributed by atoms with Crippen molar-refractivity contribution in [2.75, 3.05) is 6.54 Å². The fraction of sp³-hybridized carbons (Fsp3) is 0.583. The number of carboxylic acid groups (broad SMARTS) is 1. The van der Waals surface area contributed by atoms with Gasteiger partial charge in [-0.15, -0.1) is 0 Å². The van der Waals surface area contributed by atoms with Gasteiger partial charge in [-0.3, -0.25) is 4.79 Å². The first-order valence-corrected chi connectivity index (χ1v) is 6.04. The second kappa shape index (κ2) is 5.20. The Labute approximate surface area is 104 Å². The lowest BCUT2D eigenvalue weighted by Gasteiger charge is -2.09. The molecule has 0 bridgehead atoms. The van der Waals surface area contributed by atoms with Crippen molar-refractivity contribution in [1.82, 2.24) is 10.5 Å². The van der Waals surface area contributed by atoms with E-state index in [0.29, 0.717) is 12.5 Å². The average Bonchev–Trinajstić information content (AvgIpc) is 2.94. The van der Waals surface area contributed by atoms with Gasteiger partial charge in [-0.25, -0.2) is 4.79 Å². The van der Waals surface area contributed by atoms with Crippen molar-refractivity contribution >= 4 is 11.9 Å². The monoisotopic (exact) mass is 252 g/mol. The third kappa shape index (κ3) is 2.88. The number of carbonyl (C=O) groups is 2. The van der Waals surface area contributed by atoms with E-state index < -0.39 is 5.97 Å². The van der Waals surface area contributed by atoms with Gasteiger partial charge in [0.2, 0.25) is 5.76 Å². The Hall–Kier alpha value is -1.85. The first-order chi connectivity index (χ1) is 8.56. The number of carbonyl (C=O) groups excluding carboxylic acids is 1. The molecule has 1 aromatic rings. The smallest absolute Gasteiger partial charge is 0.374 e. The predicted octanol–water partition coefficient (Wildman–Crippen LogP) is 1.54. The van der Waals surface area contributed by atoms with Crippen LogP contribution in [0.5, 0.6) is 0 Å². The van der Waals surface area contributed by atoms with Crippen LogP contribution >= 0.6 is 0 Å². The summed E-state index contributed by atoms with van der Waals surface area (Å²) in [6, 6.07) is 1.13. The first-order valence-electron chi connectivity index (χ1n) is 6.04. The maximum absolute atomic E-state index is 11.7. The topological polar surface area (TPSA) is 92.4 Å². The lowest BCUT2D eigenvalue weighted by Crippen LogP contribution is -2.28. The average molecular weight is 252 g/mol. The summed E-state index contributed by atoms with van der Waals surface area (Å²) in [7, 11) is 0. The number of rotatable bonds is 4. The van der Waals surface area contributed by atoms with Crippen molar-refractivity contribution in [2.24, 2.45) is 11.8 Å². The number of hydrogen-bond donors (Lipinski definition) is 2. The number of nitrogens with zero attached hydrogens (tertiary/aromatic N) is 1. The van der Waals surface area contributed by atoms with E-state index in [1.54, 1.807) is 0 Å². The Kier molecular flexibility index (Phi) is 3.64. The fourth-order valence-electron chi connectivity index (χ4n) is 2.32. The van der Waals surface area contributed by atoms with Crippen LogP contribution in [0.3, 0.4) is 0 Å². The molecule has 1 aromatic heterocycles. The van der Waals surface area contributed by atoms with Crippen LogP contribution in [-0.4, -0.2) is 28.7 Å². The summed E-state index contributed by atoms with van der Waals surface area (Å²) < 4.78 is 4.53. The van der Waals surface area contributed by atoms with Crippen LogP contribution in [0.25, 0.3) is 0 Å². The van der Waals surface area contributed by atoms with Gasteiger partial charge in [0.25, 0.3) is 5.91 Å². The molecule has 0 saturated heterocycles. The minimum Gasteiger partial charge on any atom is -0.475 e. The fourth-order valence-corrected chi connectivity index (χ4v) is 2.32. The van der Waals surface area contributed by atoms with E-state index in [9.17, 15) is 9.59 Å². The molecule has 1 amide bonds. The molecule has 1 aliphatic carbocycles. The molecule has 1 aliphatic rings. The third-order valence-electron chi connectivity index (χ3n) is 3.31. The van der Waals surface area contributed by atoms with Crippen molar-refractivity contribution in [3.05, 3.63) is 17.5 Å². The number of aromatic carboxylic acids is 1. The van der Waals surface area contributed by atoms with Crippen molar-refractivity contribution < 1.29 is 19.2 Å². The molecule has 6 heteroatoms. The van der Waals surface area contributed by atoms with Gasteiger partial charge >= 0.3 is 5.97 Å². The molecule has 2 unspecified atom stereocenters. The summed E-state index contributed by atoms with van der Waals surface area (Å²) in [6.45, 7) is 2.82. The number of amides is 1. The zero-order valence-electron chi connectivity index (χ0n) is 10.2. The molecule has 0 aliphatic heterocycles. The molecular weight excluding hydrogens is 236 g/mol. The highest BCUT2D eigenvalue weighted by molar-refractivity contribution is 5.94. The van der Waals surface area contributed by atoms with Crippen molar-refractivity contribution in [2.45, 2.75) is 26.2 Å². The Morgan fingerprint density at radius 1 is 1.56 bits per heavy atom. The first kappa shape index (κ1) is 12.6. The second-order valence-electron chi connectivity index (χ2n) is 4.88. The van der Waals surface area contributed by atoms with Gasteiger partial charge < -0.3 is 14.9 Å². The highest BCUT2D eigenvalue weighted by atomic mass is 16.5. The molecule has 1 fully saturated rings. The Morgan fingerprint density at radius 2 is 2.33 bits per heavy atom. The van der Waals surface area contributed by atoms with Gasteiger partial charge in [-0.05, 0) is 24.7 Å². The van der Waals surface area contributed by atoms with E-state index in [-0.39, 0.29) is 17.4 Å². The SMILES string of the molecule is CC1CCC(CNC(=O)c2cc(C(=O)O)on2)C1. The summed E-state index contributed by atoms with van der Waals surface area (Å²) in [6.07, 6.45) is 3.45. The highest BCUT2D eigenvalue weighted by Gasteiger charge is 2.22. The zero-order chi connectivity index (χ0) is 13.1. The quantitative estimate of drug-likeness (QED) is 0.847. The molecule has 2 N–H and O–H groups in total. The summed E-state index contributed by atoms with van der Waals surface area (Å²) in [5.41, 5.74) is 0.0124. The Bertz CT molecular complexity index is 455. The summed E-state index contributed by atoms with van der Waals surface area (Å²) in [5, 5.41) is 14.8. The second-order valence-corrected chi connectivity index (χ2v) is 4.88. The standard InChI is InChI=1S/C12H16N2O4/c1-7-2-3-8(4-7)6-13-11(15)9-5-10(12(16)17)18-14-9/h5,7-8H,2-4,6H2,1H3,(H,13,15)(H,16,17). The van der Waals surface area contributed by atoms with Crippen LogP contribution in [0.15, 0.2) is 10.6 Å². The van der Waals surface area contributed by atoms with Gasteiger partial charge in [0.15, 0.2) is 5.69 Å². The van der Waals surface area contributed by atoms with E-state index in [1.807, 2.05) is 0 Å². The van der Waals surface area contributed by atoms with Gasteiger partial charge in [-0.2, -0.15) is 0 Å². The molecular formula is C12H16N2O4. The van der Waals surface area contributed by atoms with Gasteiger partial charge in [0, 0.05) is 12.6 Å². The predicted molar refractivity (Wildman–Crippen MR) is 62.3 cm³/mol. The molecule has 2 rings (SSSR count). The molecule has 6 nitrogen and oxygen atoms in total. The molecule has 18 heavy (non-hydrogen) atoms. The molecule has 98 valence electrons. The molecule has 1 heterocycles. The minimum absolute atomic E-state index is 0.0124. The summed E-state index contributed by atoms with van der Waals surface area (Å²) in [4.78, 5) is 22.3. The van der Waals surface area contributed by atoms with Gasteiger partial charge in [0.05, 0.1) is 0 Å². The van der Waals surface area contributed by atoms with Gasteiger partial charge in [-0.1, -0.05) is 18.5 Å². The summed E-state index contributed by atoms with van der Waals surface area (Å²) >= 11 is 0. The van der Waals surface area contributed by atoms with E-state index in [0.717, 1.165) is 24.8 Å². The largest absolute Gasteiger partial charge is 0.475 e. The van der Waals surface area contributed by atoms with Crippen molar-refractivity contribution in [3.8, 4) is 0 Å². The third-order valence-corrected chi connectivity index (χ3v) is 3.31. The molecule has 1 saturated carbocycles. The molecule has 0 aromatic carbocycles. The molecule has 0 spiro atoms. The zero-order valence-corrected chi connectivity index (χ0v) is 10.2. The van der Waals surface area contributed by atoms with E-state index in [2.05, 4.69) is 21.9 Å². The van der Waals surface area contributed by atoms with Crippen LogP contribution in [0, 0.1) is 11.8 Å². The molecule has 0 radical (unpaired) electrons. The maximum Gasteiger partial charge on any atom is 0.374 e. The lowest BCUT2D eigenvalue weighted by atomic mass is 10.1. The van der Waals surface area contributed by atoms with Crippen LogP contribution in [-0.2, 0) is 0 Å². The summed E-state index contributed by atoms with van der Waals surface area (Å²) in [5.74, 6) is -0.709. The number of hydrogen-bond acceptors (Lipinski definition) is 4. The Morgan fingerprint density at radius 3 is 2.89 bits per heavy atom. The van der Waals surface area contributed by atoms with Crippen LogP contribution in [0.1, 0.15) is 47.2 Å². The van der Waals surface area contributed by atoms with Crippen LogP contribution in [0.4, 0.5) is 0 Å².